The summed E-state index contributed by atoms with van der Waals surface area (Å²) in [6, 6.07) is 1.94. The van der Waals surface area contributed by atoms with Gasteiger partial charge in [-0.1, -0.05) is 0 Å². The molecule has 132 valence electrons. The lowest BCUT2D eigenvalue weighted by Gasteiger charge is -2.29. The summed E-state index contributed by atoms with van der Waals surface area (Å²) in [4.78, 5) is 22.2. The van der Waals surface area contributed by atoms with Gasteiger partial charge in [0.2, 0.25) is 5.95 Å². The number of carbonyl (C=O) groups is 1. The molecular formula is C16H20N6O3. The second-order valence-corrected chi connectivity index (χ2v) is 6.44. The third-order valence-electron chi connectivity index (χ3n) is 4.87. The highest BCUT2D eigenvalue weighted by atomic mass is 16.5. The van der Waals surface area contributed by atoms with E-state index in [2.05, 4.69) is 15.1 Å². The molecule has 0 bridgehead atoms. The normalized spacial score (nSPS) is 19.9. The zero-order valence-corrected chi connectivity index (χ0v) is 14.0. The van der Waals surface area contributed by atoms with Crippen LogP contribution < -0.4 is 10.6 Å². The van der Waals surface area contributed by atoms with Gasteiger partial charge >= 0.3 is 5.97 Å². The third kappa shape index (κ3) is 2.80. The average Bonchev–Trinajstić information content (AvgIpc) is 3.22. The first kappa shape index (κ1) is 15.8. The summed E-state index contributed by atoms with van der Waals surface area (Å²) in [6.07, 6.45) is 1.63. The number of hydrogen-bond acceptors (Lipinski definition) is 7. The van der Waals surface area contributed by atoms with Crippen molar-refractivity contribution in [1.82, 2.24) is 19.7 Å². The fraction of sp³-hybridized carbons (Fsp3) is 0.500. The van der Waals surface area contributed by atoms with Crippen LogP contribution in [0.3, 0.4) is 0 Å². The quantitative estimate of drug-likeness (QED) is 0.829. The first-order chi connectivity index (χ1) is 12.0. The minimum absolute atomic E-state index is 0.105. The number of aromatic carboxylic acids is 1. The highest BCUT2D eigenvalue weighted by Crippen LogP contribution is 2.30. The molecule has 0 aliphatic carbocycles. The first-order valence-corrected chi connectivity index (χ1v) is 8.28. The zero-order chi connectivity index (χ0) is 17.6. The van der Waals surface area contributed by atoms with Gasteiger partial charge in [0.15, 0.2) is 5.69 Å². The van der Waals surface area contributed by atoms with Crippen LogP contribution in [0.5, 0.6) is 0 Å². The van der Waals surface area contributed by atoms with Crippen molar-refractivity contribution >= 4 is 17.7 Å². The summed E-state index contributed by atoms with van der Waals surface area (Å²) < 4.78 is 7.10. The van der Waals surface area contributed by atoms with Crippen molar-refractivity contribution in [3.63, 3.8) is 0 Å². The van der Waals surface area contributed by atoms with E-state index in [0.29, 0.717) is 19.6 Å². The topological polar surface area (TPSA) is 119 Å². The molecule has 1 fully saturated rings. The summed E-state index contributed by atoms with van der Waals surface area (Å²) in [5.74, 6) is 0.178. The van der Waals surface area contributed by atoms with Crippen LogP contribution >= 0.6 is 0 Å². The van der Waals surface area contributed by atoms with Gasteiger partial charge in [-0.05, 0) is 6.42 Å². The van der Waals surface area contributed by atoms with Crippen LogP contribution in [-0.2, 0) is 24.8 Å². The van der Waals surface area contributed by atoms with Gasteiger partial charge in [-0.2, -0.15) is 10.1 Å². The second kappa shape index (κ2) is 5.99. The van der Waals surface area contributed by atoms with Gasteiger partial charge in [-0.3, -0.25) is 4.68 Å². The molecule has 0 amide bonds. The van der Waals surface area contributed by atoms with E-state index in [9.17, 15) is 9.90 Å². The van der Waals surface area contributed by atoms with Gasteiger partial charge in [0.25, 0.3) is 0 Å². The fourth-order valence-corrected chi connectivity index (χ4v) is 3.57. The average molecular weight is 344 g/mol. The number of carboxylic acids is 1. The molecule has 9 heteroatoms. The van der Waals surface area contributed by atoms with E-state index in [0.717, 1.165) is 42.3 Å². The number of nitrogens with zero attached hydrogens (tertiary/aromatic N) is 5. The highest BCUT2D eigenvalue weighted by molar-refractivity contribution is 5.87. The summed E-state index contributed by atoms with van der Waals surface area (Å²) >= 11 is 0. The van der Waals surface area contributed by atoms with E-state index in [-0.39, 0.29) is 17.6 Å². The van der Waals surface area contributed by atoms with E-state index >= 15 is 0 Å². The Bertz CT molecular complexity index is 828. The lowest BCUT2D eigenvalue weighted by molar-refractivity contribution is 0.0688. The van der Waals surface area contributed by atoms with Crippen molar-refractivity contribution in [3.05, 3.63) is 28.7 Å². The van der Waals surface area contributed by atoms with Gasteiger partial charge < -0.3 is 20.5 Å². The molecule has 3 N–H and O–H groups in total. The Morgan fingerprint density at radius 3 is 3.00 bits per heavy atom. The fourth-order valence-electron chi connectivity index (χ4n) is 3.57. The SMILES string of the molecule is Cn1nc(C(=O)O)c2c1CCN(c1cc([C@@H]3CCOC3)nc(N)n1)C2. The molecule has 0 unspecified atom stereocenters. The number of hydrogen-bond donors (Lipinski definition) is 2. The van der Waals surface area contributed by atoms with Crippen molar-refractivity contribution in [1.29, 1.82) is 0 Å². The Hall–Kier alpha value is -2.68. The molecule has 1 saturated heterocycles. The van der Waals surface area contributed by atoms with Crippen LogP contribution in [0.15, 0.2) is 6.07 Å². The molecule has 0 radical (unpaired) electrons. The Labute approximate surface area is 144 Å². The molecule has 0 aromatic carbocycles. The van der Waals surface area contributed by atoms with E-state index in [1.165, 1.54) is 0 Å². The van der Waals surface area contributed by atoms with Crippen molar-refractivity contribution in [2.75, 3.05) is 30.4 Å². The molecule has 2 aliphatic rings. The van der Waals surface area contributed by atoms with Crippen LogP contribution in [0.4, 0.5) is 11.8 Å². The maximum absolute atomic E-state index is 11.5. The molecule has 4 heterocycles. The largest absolute Gasteiger partial charge is 0.476 e. The van der Waals surface area contributed by atoms with Crippen LogP contribution in [0.25, 0.3) is 0 Å². The molecule has 2 aliphatic heterocycles. The van der Waals surface area contributed by atoms with E-state index in [1.807, 2.05) is 11.0 Å². The molecule has 4 rings (SSSR count). The number of nitrogen functional groups attached to an aromatic ring is 1. The van der Waals surface area contributed by atoms with Gasteiger partial charge in [0, 0.05) is 56.4 Å². The number of nitrogens with two attached hydrogens (primary N) is 1. The van der Waals surface area contributed by atoms with Crippen molar-refractivity contribution in [2.24, 2.45) is 7.05 Å². The van der Waals surface area contributed by atoms with Gasteiger partial charge in [0.05, 0.1) is 12.3 Å². The van der Waals surface area contributed by atoms with Gasteiger partial charge in [-0.15, -0.1) is 0 Å². The lowest BCUT2D eigenvalue weighted by Crippen LogP contribution is -2.32. The molecule has 9 nitrogen and oxygen atoms in total. The standard InChI is InChI=1S/C16H20N6O3/c1-21-12-2-4-22(7-10(12)14(20-21)15(23)24)13-6-11(18-16(17)19-13)9-3-5-25-8-9/h6,9H,2-5,7-8H2,1H3,(H,23,24)(H2,17,18,19)/t9-/m1/s1. The maximum atomic E-state index is 11.5. The maximum Gasteiger partial charge on any atom is 0.356 e. The van der Waals surface area contributed by atoms with Gasteiger partial charge in [0.1, 0.15) is 5.82 Å². The number of rotatable bonds is 3. The van der Waals surface area contributed by atoms with Crippen molar-refractivity contribution in [3.8, 4) is 0 Å². The molecule has 2 aromatic heterocycles. The molecule has 0 spiro atoms. The molecule has 25 heavy (non-hydrogen) atoms. The van der Waals surface area contributed by atoms with Gasteiger partial charge in [-0.25, -0.2) is 9.78 Å². The van der Waals surface area contributed by atoms with Crippen LogP contribution in [0.2, 0.25) is 0 Å². The molecule has 2 aromatic rings. The predicted molar refractivity (Wildman–Crippen MR) is 89.5 cm³/mol. The number of fused-ring (bicyclic) bond motifs is 1. The van der Waals surface area contributed by atoms with Crippen LogP contribution in [0.1, 0.15) is 39.8 Å². The van der Waals surface area contributed by atoms with Crippen molar-refractivity contribution in [2.45, 2.75) is 25.3 Å². The third-order valence-corrected chi connectivity index (χ3v) is 4.87. The Morgan fingerprint density at radius 1 is 1.44 bits per heavy atom. The van der Waals surface area contributed by atoms with E-state index in [1.54, 1.807) is 11.7 Å². The minimum atomic E-state index is -1.01. The number of aromatic nitrogens is 4. The van der Waals surface area contributed by atoms with E-state index in [4.69, 9.17) is 10.5 Å². The number of carboxylic acid groups (broad SMARTS) is 1. The molecule has 1 atom stereocenters. The summed E-state index contributed by atoms with van der Waals surface area (Å²) in [6.45, 7) is 2.55. The summed E-state index contributed by atoms with van der Waals surface area (Å²) in [5.41, 5.74) is 8.60. The Morgan fingerprint density at radius 2 is 2.28 bits per heavy atom. The summed E-state index contributed by atoms with van der Waals surface area (Å²) in [5, 5.41) is 13.5. The Balaban J connectivity index is 1.66. The lowest BCUT2D eigenvalue weighted by atomic mass is 10.0. The Kier molecular flexibility index (Phi) is 3.79. The number of aryl methyl sites for hydroxylation is 1. The predicted octanol–water partition coefficient (Wildman–Crippen LogP) is 0.557. The number of anilines is 2. The van der Waals surface area contributed by atoms with E-state index < -0.39 is 5.97 Å². The molecular weight excluding hydrogens is 324 g/mol. The number of ether oxygens (including phenoxy) is 1. The molecule has 0 saturated carbocycles. The minimum Gasteiger partial charge on any atom is -0.476 e. The zero-order valence-electron chi connectivity index (χ0n) is 14.0. The summed E-state index contributed by atoms with van der Waals surface area (Å²) in [7, 11) is 1.78. The second-order valence-electron chi connectivity index (χ2n) is 6.44. The monoisotopic (exact) mass is 344 g/mol. The van der Waals surface area contributed by atoms with Crippen molar-refractivity contribution < 1.29 is 14.6 Å². The first-order valence-electron chi connectivity index (χ1n) is 8.28. The smallest absolute Gasteiger partial charge is 0.356 e. The highest BCUT2D eigenvalue weighted by Gasteiger charge is 2.28. The van der Waals surface area contributed by atoms with Crippen LogP contribution in [0, 0.1) is 0 Å². The van der Waals surface area contributed by atoms with Crippen LogP contribution in [-0.4, -0.2) is 50.6 Å².